The van der Waals surface area contributed by atoms with E-state index in [-0.39, 0.29) is 0 Å². The third kappa shape index (κ3) is 6.37. The Bertz CT molecular complexity index is 2670. The van der Waals surface area contributed by atoms with Gasteiger partial charge in [0.1, 0.15) is 0 Å². The molecule has 1 aliphatic carbocycles. The van der Waals surface area contributed by atoms with E-state index in [2.05, 4.69) is 175 Å². The number of pyridine rings is 1. The summed E-state index contributed by atoms with van der Waals surface area (Å²) < 4.78 is 0. The number of benzene rings is 6. The minimum Gasteiger partial charge on any atom is -0.264 e. The van der Waals surface area contributed by atoms with Crippen molar-refractivity contribution in [1.29, 1.82) is 0 Å². The molecule has 0 saturated carbocycles. The molecule has 2 aromatic heterocycles. The highest BCUT2D eigenvalue weighted by Gasteiger charge is 2.18. The quantitative estimate of drug-likeness (QED) is 0.118. The normalized spacial score (nSPS) is 14.1. The van der Waals surface area contributed by atoms with Crippen molar-refractivity contribution in [3.63, 3.8) is 0 Å². The molecule has 0 bridgehead atoms. The summed E-state index contributed by atoms with van der Waals surface area (Å²) in [7, 11) is 0. The van der Waals surface area contributed by atoms with Crippen molar-refractivity contribution in [2.45, 2.75) is 6.42 Å². The van der Waals surface area contributed by atoms with Crippen LogP contribution in [0.15, 0.2) is 201 Å². The summed E-state index contributed by atoms with van der Waals surface area (Å²) >= 11 is 0. The molecule has 54 heavy (non-hydrogen) atoms. The van der Waals surface area contributed by atoms with E-state index in [4.69, 9.17) is 9.97 Å². The molecule has 0 aliphatic heterocycles. The van der Waals surface area contributed by atoms with Crippen LogP contribution in [0.1, 0.15) is 12.1 Å². The molecule has 0 N–H and O–H groups in total. The number of allylic oxidation sites excluding steroid dienone is 7. The van der Waals surface area contributed by atoms with Crippen LogP contribution >= 0.6 is 0 Å². The van der Waals surface area contributed by atoms with E-state index in [1.807, 2.05) is 24.4 Å². The highest BCUT2D eigenvalue weighted by atomic mass is 14.9. The number of fused-ring (bicyclic) bond motifs is 2. The van der Waals surface area contributed by atoms with Gasteiger partial charge < -0.3 is 0 Å². The number of hydrogen-bond acceptors (Lipinski definition) is 3. The lowest BCUT2D eigenvalue weighted by atomic mass is 9.86. The summed E-state index contributed by atoms with van der Waals surface area (Å²) in [6.07, 6.45) is 17.3. The van der Waals surface area contributed by atoms with Crippen molar-refractivity contribution >= 4 is 27.1 Å². The van der Waals surface area contributed by atoms with Crippen LogP contribution in [-0.2, 0) is 0 Å². The Balaban J connectivity index is 1.14. The molecular formula is C51H37N3. The second-order valence-electron chi connectivity index (χ2n) is 13.6. The molecule has 256 valence electrons. The Morgan fingerprint density at radius 2 is 1.09 bits per heavy atom. The zero-order chi connectivity index (χ0) is 36.3. The second kappa shape index (κ2) is 14.6. The van der Waals surface area contributed by atoms with Crippen LogP contribution in [0.4, 0.5) is 0 Å². The monoisotopic (exact) mass is 691 g/mol. The zero-order valence-electron chi connectivity index (χ0n) is 29.8. The van der Waals surface area contributed by atoms with Crippen molar-refractivity contribution in [2.75, 3.05) is 0 Å². The van der Waals surface area contributed by atoms with E-state index in [0.717, 1.165) is 51.2 Å². The average Bonchev–Trinajstić information content (AvgIpc) is 3.25. The van der Waals surface area contributed by atoms with Crippen molar-refractivity contribution < 1.29 is 0 Å². The number of rotatable bonds is 8. The highest BCUT2D eigenvalue weighted by molar-refractivity contribution is 6.21. The molecule has 0 spiro atoms. The summed E-state index contributed by atoms with van der Waals surface area (Å²) in [6.45, 7) is 3.82. The first-order valence-corrected chi connectivity index (χ1v) is 18.4. The summed E-state index contributed by atoms with van der Waals surface area (Å²) in [4.78, 5) is 14.7. The van der Waals surface area contributed by atoms with Crippen LogP contribution in [0.3, 0.4) is 0 Å². The molecule has 0 saturated heterocycles. The summed E-state index contributed by atoms with van der Waals surface area (Å²) in [5.74, 6) is 1.04. The molecule has 3 nitrogen and oxygen atoms in total. The van der Waals surface area contributed by atoms with Gasteiger partial charge in [0.25, 0.3) is 0 Å². The fourth-order valence-electron chi connectivity index (χ4n) is 7.57. The smallest absolute Gasteiger partial charge is 0.160 e. The van der Waals surface area contributed by atoms with Crippen LogP contribution in [0.25, 0.3) is 83.1 Å². The molecule has 1 aliphatic rings. The molecule has 0 radical (unpaired) electrons. The topological polar surface area (TPSA) is 38.7 Å². The standard InChI is InChI=1S/C51H37N3/c1-2-3-12-35-20-22-37(23-21-35)47-33-48(38-26-24-36(25-27-38)42-15-11-32-52-34-42)54-51(53-47)41-30-28-40(29-31-41)50-45-18-9-7-16-43(45)49(39-13-5-4-6-14-39)44-17-8-10-19-46(44)50/h2-20,22-35H,1,21H2/b12-3-. The maximum absolute atomic E-state index is 5.18. The zero-order valence-corrected chi connectivity index (χ0v) is 29.8. The van der Waals surface area contributed by atoms with Gasteiger partial charge in [0.15, 0.2) is 5.82 Å². The molecule has 9 rings (SSSR count). The van der Waals surface area contributed by atoms with E-state index in [0.29, 0.717) is 11.7 Å². The lowest BCUT2D eigenvalue weighted by Crippen LogP contribution is -2.01. The van der Waals surface area contributed by atoms with E-state index < -0.39 is 0 Å². The van der Waals surface area contributed by atoms with Gasteiger partial charge in [-0.3, -0.25) is 4.98 Å². The van der Waals surface area contributed by atoms with Gasteiger partial charge in [0, 0.05) is 23.5 Å². The van der Waals surface area contributed by atoms with E-state index >= 15 is 0 Å². The van der Waals surface area contributed by atoms with Gasteiger partial charge in [-0.25, -0.2) is 9.97 Å². The Labute approximate surface area is 316 Å². The lowest BCUT2D eigenvalue weighted by molar-refractivity contribution is 0.824. The molecule has 1 atom stereocenters. The van der Waals surface area contributed by atoms with Gasteiger partial charge in [-0.2, -0.15) is 0 Å². The molecule has 6 aromatic carbocycles. The Hall–Kier alpha value is -6.97. The van der Waals surface area contributed by atoms with Crippen LogP contribution in [0, 0.1) is 5.92 Å². The number of aromatic nitrogens is 3. The first-order chi connectivity index (χ1) is 26.7. The van der Waals surface area contributed by atoms with Crippen LogP contribution in [0.5, 0.6) is 0 Å². The predicted octanol–water partition coefficient (Wildman–Crippen LogP) is 13.2. The Morgan fingerprint density at radius 3 is 1.69 bits per heavy atom. The van der Waals surface area contributed by atoms with E-state index in [1.54, 1.807) is 6.20 Å². The molecule has 2 heterocycles. The second-order valence-corrected chi connectivity index (χ2v) is 13.6. The third-order valence-corrected chi connectivity index (χ3v) is 10.3. The molecule has 1 unspecified atom stereocenters. The highest BCUT2D eigenvalue weighted by Crippen LogP contribution is 2.44. The predicted molar refractivity (Wildman–Crippen MR) is 227 cm³/mol. The molecule has 3 heteroatoms. The maximum Gasteiger partial charge on any atom is 0.160 e. The van der Waals surface area contributed by atoms with Gasteiger partial charge in [-0.15, -0.1) is 0 Å². The number of hydrogen-bond donors (Lipinski definition) is 0. The number of nitrogens with zero attached hydrogens (tertiary/aromatic N) is 3. The molecular weight excluding hydrogens is 655 g/mol. The minimum absolute atomic E-state index is 0.342. The van der Waals surface area contributed by atoms with Crippen LogP contribution in [0.2, 0.25) is 0 Å². The Morgan fingerprint density at radius 1 is 0.537 bits per heavy atom. The SMILES string of the molecule is C=C/C=C\C1C=CC(c2cc(-c3ccc(-c4cccnc4)cc3)nc(-c3ccc(-c4c5ccccc5c(-c5ccccc5)c5ccccc45)cc3)n2)=CC1. The first kappa shape index (κ1) is 32.9. The summed E-state index contributed by atoms with van der Waals surface area (Å²) in [5.41, 5.74) is 12.0. The van der Waals surface area contributed by atoms with Gasteiger partial charge in [0.05, 0.1) is 11.4 Å². The van der Waals surface area contributed by atoms with Crippen molar-refractivity contribution in [2.24, 2.45) is 5.92 Å². The largest absolute Gasteiger partial charge is 0.264 e. The van der Waals surface area contributed by atoms with E-state index in [1.165, 1.54) is 38.2 Å². The first-order valence-electron chi connectivity index (χ1n) is 18.4. The van der Waals surface area contributed by atoms with Gasteiger partial charge in [-0.1, -0.05) is 176 Å². The van der Waals surface area contributed by atoms with Crippen molar-refractivity contribution in [3.8, 4) is 56.0 Å². The van der Waals surface area contributed by atoms with Gasteiger partial charge in [0.2, 0.25) is 0 Å². The summed E-state index contributed by atoms with van der Waals surface area (Å²) in [6, 6.07) is 51.7. The maximum atomic E-state index is 5.18. The summed E-state index contributed by atoms with van der Waals surface area (Å²) in [5, 5.41) is 4.95. The average molecular weight is 692 g/mol. The lowest BCUT2D eigenvalue weighted by Gasteiger charge is -2.18. The molecule has 0 amide bonds. The molecule has 8 aromatic rings. The van der Waals surface area contributed by atoms with Crippen molar-refractivity contribution in [1.82, 2.24) is 15.0 Å². The van der Waals surface area contributed by atoms with Crippen LogP contribution < -0.4 is 0 Å². The van der Waals surface area contributed by atoms with Gasteiger partial charge in [-0.05, 0) is 85.0 Å². The van der Waals surface area contributed by atoms with Crippen molar-refractivity contribution in [3.05, 3.63) is 207 Å². The fraction of sp³-hybridized carbons (Fsp3) is 0.0392. The van der Waals surface area contributed by atoms with Crippen LogP contribution in [-0.4, -0.2) is 15.0 Å². The fourth-order valence-corrected chi connectivity index (χ4v) is 7.57. The molecule has 0 fully saturated rings. The minimum atomic E-state index is 0.342. The third-order valence-electron chi connectivity index (χ3n) is 10.3. The Kier molecular flexibility index (Phi) is 8.88. The van der Waals surface area contributed by atoms with Gasteiger partial charge >= 0.3 is 0 Å². The van der Waals surface area contributed by atoms with E-state index in [9.17, 15) is 0 Å².